The lowest BCUT2D eigenvalue weighted by atomic mass is 9.99. The summed E-state index contributed by atoms with van der Waals surface area (Å²) in [7, 11) is 0. The lowest BCUT2D eigenvalue weighted by Gasteiger charge is -2.27. The summed E-state index contributed by atoms with van der Waals surface area (Å²) in [4.78, 5) is 85.6. The molecule has 2 aromatic carbocycles. The lowest BCUT2D eigenvalue weighted by Crippen LogP contribution is -2.54. The number of imide groups is 2. The number of hydrogen-bond acceptors (Lipinski definition) is 13. The number of alkyl halides is 2. The second-order valence-electron chi connectivity index (χ2n) is 15.3. The van der Waals surface area contributed by atoms with Gasteiger partial charge in [0, 0.05) is 43.4 Å². The van der Waals surface area contributed by atoms with E-state index >= 15 is 0 Å². The van der Waals surface area contributed by atoms with Crippen LogP contribution in [-0.4, -0.2) is 106 Å². The third kappa shape index (κ3) is 10.0. The number of piperidine rings is 1. The third-order valence-corrected chi connectivity index (χ3v) is 10.8. The molecular weight excluding hydrogens is 837 g/mol. The summed E-state index contributed by atoms with van der Waals surface area (Å²) < 4.78 is 46.0. The molecule has 0 bridgehead atoms. The maximum absolute atomic E-state index is 14.0. The van der Waals surface area contributed by atoms with Crippen molar-refractivity contribution in [2.75, 3.05) is 50.2 Å². The minimum atomic E-state index is -3.01. The molecule has 1 atom stereocenters. The predicted molar refractivity (Wildman–Crippen MR) is 223 cm³/mol. The van der Waals surface area contributed by atoms with Gasteiger partial charge in [-0.15, -0.1) is 0 Å². The summed E-state index contributed by atoms with van der Waals surface area (Å²) in [5, 5.41) is 14.6. The molecule has 0 spiro atoms. The number of rotatable bonds is 20. The number of carbonyl (C=O) groups is 6. The molecule has 6 amide bonds. The van der Waals surface area contributed by atoms with Crippen LogP contribution in [0.4, 0.5) is 20.3 Å². The van der Waals surface area contributed by atoms with Crippen LogP contribution in [-0.2, 0) is 25.5 Å². The highest BCUT2D eigenvalue weighted by atomic mass is 19.3. The fourth-order valence-corrected chi connectivity index (χ4v) is 7.29. The van der Waals surface area contributed by atoms with Crippen LogP contribution in [0.25, 0.3) is 17.1 Å². The highest BCUT2D eigenvalue weighted by molar-refractivity contribution is 6.24. The summed E-state index contributed by atoms with van der Waals surface area (Å²) in [6.45, 7) is 2.12. The quantitative estimate of drug-likeness (QED) is 0.0613. The van der Waals surface area contributed by atoms with Crippen LogP contribution in [0.1, 0.15) is 91.3 Å². The lowest BCUT2D eigenvalue weighted by molar-refractivity contribution is -0.136. The Morgan fingerprint density at radius 2 is 1.73 bits per heavy atom. The Kier molecular flexibility index (Phi) is 13.2. The Hall–Kier alpha value is -7.19. The first-order chi connectivity index (χ1) is 31.0. The van der Waals surface area contributed by atoms with E-state index in [1.807, 2.05) is 0 Å². The zero-order chi connectivity index (χ0) is 44.7. The first-order valence-corrected chi connectivity index (χ1v) is 20.8. The topological polar surface area (TPSA) is 229 Å². The van der Waals surface area contributed by atoms with Crippen molar-refractivity contribution in [2.45, 2.75) is 51.0 Å². The van der Waals surface area contributed by atoms with Gasteiger partial charge in [-0.1, -0.05) is 12.1 Å². The van der Waals surface area contributed by atoms with Gasteiger partial charge in [0.1, 0.15) is 18.1 Å². The van der Waals surface area contributed by atoms with Gasteiger partial charge in [-0.3, -0.25) is 39.0 Å². The molecule has 18 nitrogen and oxygen atoms in total. The molecule has 3 aromatic heterocycles. The number of fused-ring (bicyclic) bond motifs is 1. The summed E-state index contributed by atoms with van der Waals surface area (Å²) in [6.07, 6.45) is 4.48. The van der Waals surface area contributed by atoms with Crippen molar-refractivity contribution in [1.29, 1.82) is 0 Å². The second-order valence-corrected chi connectivity index (χ2v) is 15.3. The Morgan fingerprint density at radius 1 is 0.938 bits per heavy atom. The third-order valence-electron chi connectivity index (χ3n) is 10.8. The largest absolute Gasteiger partial charge is 0.444 e. The highest BCUT2D eigenvalue weighted by Gasteiger charge is 2.45. The molecule has 0 radical (unpaired) electrons. The number of nitrogens with one attached hydrogen (secondary N) is 4. The number of pyridine rings is 1. The van der Waals surface area contributed by atoms with Gasteiger partial charge in [0.25, 0.3) is 30.1 Å². The molecule has 332 valence electrons. The Labute approximate surface area is 364 Å². The van der Waals surface area contributed by atoms with Crippen LogP contribution in [0.5, 0.6) is 0 Å². The molecule has 8 rings (SSSR count). The molecule has 4 N–H and O–H groups in total. The average Bonchev–Trinajstić information content (AvgIpc) is 3.70. The fraction of sp³-hybridized carbons (Fsp3) is 0.341. The van der Waals surface area contributed by atoms with Gasteiger partial charge >= 0.3 is 0 Å². The van der Waals surface area contributed by atoms with Gasteiger partial charge in [0.2, 0.25) is 17.7 Å². The minimum Gasteiger partial charge on any atom is -0.444 e. The maximum Gasteiger partial charge on any atom is 0.284 e. The zero-order valence-corrected chi connectivity index (χ0v) is 34.3. The van der Waals surface area contributed by atoms with Crippen molar-refractivity contribution in [3.05, 3.63) is 107 Å². The van der Waals surface area contributed by atoms with Crippen molar-refractivity contribution in [3.8, 4) is 17.1 Å². The second kappa shape index (κ2) is 19.5. The van der Waals surface area contributed by atoms with Crippen LogP contribution < -0.4 is 21.3 Å². The molecular formula is C44H43F2N9O9. The number of aryl methyl sites for hydroxylation is 1. The van der Waals surface area contributed by atoms with E-state index in [2.05, 4.69) is 36.3 Å². The Bertz CT molecular complexity index is 2570. The van der Waals surface area contributed by atoms with Crippen molar-refractivity contribution in [3.63, 3.8) is 0 Å². The summed E-state index contributed by atoms with van der Waals surface area (Å²) >= 11 is 0. The van der Waals surface area contributed by atoms with Gasteiger partial charge < -0.3 is 29.8 Å². The molecule has 5 heterocycles. The monoisotopic (exact) mass is 879 g/mol. The smallest absolute Gasteiger partial charge is 0.284 e. The van der Waals surface area contributed by atoms with E-state index in [9.17, 15) is 37.5 Å². The van der Waals surface area contributed by atoms with Gasteiger partial charge in [0.15, 0.2) is 11.4 Å². The molecule has 1 unspecified atom stereocenters. The standard InChI is InChI=1S/C44H43F2N9O9/c45-38(46)37-31(50-40(58)32-24-64-42(51-32)28-14-15-47-34(21-28)49-22-25-6-7-25)23-54(53-37)29-10-8-27(9-11-29)39(57)48-16-18-63-20-19-62-17-2-4-26-3-1-5-30-36(26)44(61)55(43(30)60)33-12-13-35(56)52-41(33)59/h1,3,5,8-11,14-15,21,23-25,33,38H,2,4,6-7,12-13,16-20,22H2,(H,47,49)(H,48,57)(H,50,58)(H,52,56,59). The number of ether oxygens (including phenoxy) is 2. The number of aromatic nitrogens is 4. The number of hydrogen-bond donors (Lipinski definition) is 4. The molecule has 1 aliphatic carbocycles. The van der Waals surface area contributed by atoms with Crippen LogP contribution >= 0.6 is 0 Å². The molecule has 1 saturated carbocycles. The van der Waals surface area contributed by atoms with Crippen LogP contribution in [0.2, 0.25) is 0 Å². The normalized spacial score (nSPS) is 16.0. The van der Waals surface area contributed by atoms with Crippen LogP contribution in [0.15, 0.2) is 77.7 Å². The van der Waals surface area contributed by atoms with E-state index in [0.717, 1.165) is 17.7 Å². The minimum absolute atomic E-state index is 0.0440. The van der Waals surface area contributed by atoms with Gasteiger partial charge in [0.05, 0.1) is 48.5 Å². The number of oxazole rings is 1. The molecule has 2 aliphatic heterocycles. The van der Waals surface area contributed by atoms with E-state index in [1.165, 1.54) is 48.0 Å². The number of benzene rings is 2. The summed E-state index contributed by atoms with van der Waals surface area (Å²) in [5.74, 6) is -1.90. The maximum atomic E-state index is 14.0. The number of amides is 6. The average molecular weight is 880 g/mol. The van der Waals surface area contributed by atoms with E-state index in [4.69, 9.17) is 13.9 Å². The molecule has 1 saturated heterocycles. The Morgan fingerprint density at radius 3 is 2.50 bits per heavy atom. The van der Waals surface area contributed by atoms with Crippen LogP contribution in [0.3, 0.4) is 0 Å². The van der Waals surface area contributed by atoms with Crippen molar-refractivity contribution < 1.29 is 51.4 Å². The van der Waals surface area contributed by atoms with E-state index in [-0.39, 0.29) is 73.5 Å². The van der Waals surface area contributed by atoms with Gasteiger partial charge in [-0.2, -0.15) is 5.10 Å². The van der Waals surface area contributed by atoms with Crippen LogP contribution in [0, 0.1) is 5.92 Å². The summed E-state index contributed by atoms with van der Waals surface area (Å²) in [6, 6.07) is 13.5. The van der Waals surface area contributed by atoms with E-state index in [0.29, 0.717) is 53.6 Å². The van der Waals surface area contributed by atoms with Crippen molar-refractivity contribution >= 4 is 46.9 Å². The van der Waals surface area contributed by atoms with E-state index in [1.54, 1.807) is 36.5 Å². The highest BCUT2D eigenvalue weighted by Crippen LogP contribution is 2.32. The van der Waals surface area contributed by atoms with Gasteiger partial charge in [-0.05, 0) is 86.1 Å². The number of carbonyl (C=O) groups excluding carboxylic acids is 6. The summed E-state index contributed by atoms with van der Waals surface area (Å²) in [5.41, 5.74) is 1.43. The number of halogens is 2. The molecule has 64 heavy (non-hydrogen) atoms. The van der Waals surface area contributed by atoms with Gasteiger partial charge in [-0.25, -0.2) is 23.4 Å². The first kappa shape index (κ1) is 43.5. The first-order valence-electron chi connectivity index (χ1n) is 20.8. The molecule has 20 heteroatoms. The molecule has 2 fully saturated rings. The Balaban J connectivity index is 0.743. The van der Waals surface area contributed by atoms with Crippen molar-refractivity contribution in [2.24, 2.45) is 5.92 Å². The molecule has 5 aromatic rings. The van der Waals surface area contributed by atoms with Crippen molar-refractivity contribution in [1.82, 2.24) is 35.3 Å². The fourth-order valence-electron chi connectivity index (χ4n) is 7.29. The SMILES string of the molecule is O=C1CCC(N2C(=O)c3cccc(CCCOCCOCCNC(=O)c4ccc(-n5cc(NC(=O)c6coc(-c7ccnc(NCC8CC8)c7)n6)c(C(F)F)n5)cc4)c3C2=O)C(=O)N1. The zero-order valence-electron chi connectivity index (χ0n) is 34.3. The molecule has 3 aliphatic rings. The number of anilines is 2. The van der Waals surface area contributed by atoms with E-state index < -0.39 is 47.7 Å². The number of nitrogens with zero attached hydrogens (tertiary/aromatic N) is 5. The predicted octanol–water partition coefficient (Wildman–Crippen LogP) is 4.73.